The Labute approximate surface area is 78.4 Å². The van der Waals surface area contributed by atoms with E-state index in [4.69, 9.17) is 12.2 Å². The predicted octanol–water partition coefficient (Wildman–Crippen LogP) is 1.99. The Morgan fingerprint density at radius 2 is 2.25 bits per heavy atom. The quantitative estimate of drug-likeness (QED) is 0.383. The van der Waals surface area contributed by atoms with E-state index in [-0.39, 0.29) is 0 Å². The highest BCUT2D eigenvalue weighted by atomic mass is 32.1. The van der Waals surface area contributed by atoms with Gasteiger partial charge in [-0.05, 0) is 30.2 Å². The Kier molecular flexibility index (Phi) is 2.67. The van der Waals surface area contributed by atoms with Crippen molar-refractivity contribution in [2.45, 2.75) is 12.7 Å². The Morgan fingerprint density at radius 3 is 2.75 bits per heavy atom. The SMILES string of the molecule is C#Cc1cc(CS)cc(N)c1C. The first-order chi connectivity index (χ1) is 5.69. The Bertz CT molecular complexity index is 336. The molecular formula is C10H11NS. The van der Waals surface area contributed by atoms with Crippen molar-refractivity contribution in [3.63, 3.8) is 0 Å². The van der Waals surface area contributed by atoms with Gasteiger partial charge in [0, 0.05) is 17.0 Å². The molecule has 1 rings (SSSR count). The van der Waals surface area contributed by atoms with E-state index < -0.39 is 0 Å². The van der Waals surface area contributed by atoms with E-state index in [2.05, 4.69) is 18.5 Å². The standard InChI is InChI=1S/C10H11NS/c1-3-9-4-8(6-12)5-10(11)7(9)2/h1,4-5,12H,6,11H2,2H3. The molecule has 0 spiro atoms. The van der Waals surface area contributed by atoms with E-state index in [0.29, 0.717) is 5.75 Å². The summed E-state index contributed by atoms with van der Waals surface area (Å²) in [6.45, 7) is 1.92. The number of hydrogen-bond donors (Lipinski definition) is 2. The highest BCUT2D eigenvalue weighted by Crippen LogP contribution is 2.19. The fraction of sp³-hybridized carbons (Fsp3) is 0.200. The van der Waals surface area contributed by atoms with Crippen LogP contribution in [0.25, 0.3) is 0 Å². The highest BCUT2D eigenvalue weighted by Gasteiger charge is 2.01. The normalized spacial score (nSPS) is 9.42. The van der Waals surface area contributed by atoms with Crippen LogP contribution >= 0.6 is 12.6 Å². The summed E-state index contributed by atoms with van der Waals surface area (Å²) in [6.07, 6.45) is 5.31. The molecule has 2 N–H and O–H groups in total. The van der Waals surface area contributed by atoms with E-state index in [0.717, 1.165) is 22.4 Å². The second kappa shape index (κ2) is 3.55. The molecule has 1 nitrogen and oxygen atoms in total. The van der Waals surface area contributed by atoms with Crippen LogP contribution in [0, 0.1) is 19.3 Å². The number of thiol groups is 1. The molecule has 1 aromatic rings. The molecular weight excluding hydrogens is 166 g/mol. The average molecular weight is 177 g/mol. The van der Waals surface area contributed by atoms with Crippen LogP contribution in [0.1, 0.15) is 16.7 Å². The van der Waals surface area contributed by atoms with Gasteiger partial charge in [-0.15, -0.1) is 6.42 Å². The van der Waals surface area contributed by atoms with E-state index in [1.165, 1.54) is 0 Å². The lowest BCUT2D eigenvalue weighted by Crippen LogP contribution is -1.94. The van der Waals surface area contributed by atoms with Crippen molar-refractivity contribution in [2.24, 2.45) is 0 Å². The molecule has 0 aliphatic carbocycles. The van der Waals surface area contributed by atoms with Crippen molar-refractivity contribution in [1.82, 2.24) is 0 Å². The number of nitrogen functional groups attached to an aromatic ring is 1. The topological polar surface area (TPSA) is 26.0 Å². The van der Waals surface area contributed by atoms with Crippen LogP contribution in [0.2, 0.25) is 0 Å². The fourth-order valence-electron chi connectivity index (χ4n) is 1.04. The lowest BCUT2D eigenvalue weighted by molar-refractivity contribution is 1.35. The number of benzene rings is 1. The summed E-state index contributed by atoms with van der Waals surface area (Å²) in [6, 6.07) is 3.85. The minimum atomic E-state index is 0.666. The summed E-state index contributed by atoms with van der Waals surface area (Å²) in [5.74, 6) is 3.26. The van der Waals surface area contributed by atoms with E-state index in [9.17, 15) is 0 Å². The largest absolute Gasteiger partial charge is 0.398 e. The second-order valence-electron chi connectivity index (χ2n) is 2.66. The molecule has 0 atom stereocenters. The minimum Gasteiger partial charge on any atom is -0.398 e. The summed E-state index contributed by atoms with van der Waals surface area (Å²) >= 11 is 4.15. The molecule has 1 aromatic carbocycles. The van der Waals surface area contributed by atoms with E-state index >= 15 is 0 Å². The maximum absolute atomic E-state index is 5.74. The van der Waals surface area contributed by atoms with Crippen molar-refractivity contribution in [1.29, 1.82) is 0 Å². The molecule has 62 valence electrons. The zero-order valence-electron chi connectivity index (χ0n) is 6.96. The Hall–Kier alpha value is -1.07. The average Bonchev–Trinajstić information content (AvgIpc) is 2.09. The molecule has 0 saturated carbocycles. The van der Waals surface area contributed by atoms with Crippen molar-refractivity contribution >= 4 is 18.3 Å². The van der Waals surface area contributed by atoms with Crippen molar-refractivity contribution in [2.75, 3.05) is 5.73 Å². The van der Waals surface area contributed by atoms with Crippen LogP contribution in [0.5, 0.6) is 0 Å². The van der Waals surface area contributed by atoms with Gasteiger partial charge in [0.15, 0.2) is 0 Å². The van der Waals surface area contributed by atoms with Crippen LogP contribution in [0.3, 0.4) is 0 Å². The Morgan fingerprint density at radius 1 is 1.58 bits per heavy atom. The minimum absolute atomic E-state index is 0.666. The fourth-order valence-corrected chi connectivity index (χ4v) is 1.22. The number of hydrogen-bond acceptors (Lipinski definition) is 2. The second-order valence-corrected chi connectivity index (χ2v) is 2.98. The van der Waals surface area contributed by atoms with Gasteiger partial charge >= 0.3 is 0 Å². The third-order valence-electron chi connectivity index (χ3n) is 1.85. The zero-order chi connectivity index (χ0) is 9.14. The van der Waals surface area contributed by atoms with Crippen molar-refractivity contribution < 1.29 is 0 Å². The summed E-state index contributed by atoms with van der Waals surface area (Å²) in [5, 5.41) is 0. The number of anilines is 1. The molecule has 0 aliphatic rings. The van der Waals surface area contributed by atoms with Crippen LogP contribution in [0.15, 0.2) is 12.1 Å². The predicted molar refractivity (Wildman–Crippen MR) is 56.2 cm³/mol. The maximum atomic E-state index is 5.74. The van der Waals surface area contributed by atoms with Gasteiger partial charge in [0.1, 0.15) is 0 Å². The van der Waals surface area contributed by atoms with Gasteiger partial charge in [0.25, 0.3) is 0 Å². The van der Waals surface area contributed by atoms with Crippen molar-refractivity contribution in [3.8, 4) is 12.3 Å². The van der Waals surface area contributed by atoms with Gasteiger partial charge in [-0.25, -0.2) is 0 Å². The highest BCUT2D eigenvalue weighted by molar-refractivity contribution is 7.79. The van der Waals surface area contributed by atoms with Gasteiger partial charge < -0.3 is 5.73 Å². The molecule has 0 fully saturated rings. The van der Waals surface area contributed by atoms with E-state index in [1.54, 1.807) is 0 Å². The van der Waals surface area contributed by atoms with E-state index in [1.807, 2.05) is 19.1 Å². The molecule has 0 bridgehead atoms. The maximum Gasteiger partial charge on any atom is 0.0359 e. The third-order valence-corrected chi connectivity index (χ3v) is 2.21. The zero-order valence-corrected chi connectivity index (χ0v) is 7.86. The van der Waals surface area contributed by atoms with Crippen LogP contribution in [-0.4, -0.2) is 0 Å². The molecule has 0 saturated heterocycles. The molecule has 0 aliphatic heterocycles. The summed E-state index contributed by atoms with van der Waals surface area (Å²) in [7, 11) is 0. The number of terminal acetylenes is 1. The lowest BCUT2D eigenvalue weighted by atomic mass is 10.0. The van der Waals surface area contributed by atoms with Crippen LogP contribution in [-0.2, 0) is 5.75 Å². The number of rotatable bonds is 1. The van der Waals surface area contributed by atoms with Crippen LogP contribution < -0.4 is 5.73 Å². The third kappa shape index (κ3) is 1.57. The lowest BCUT2D eigenvalue weighted by Gasteiger charge is -2.05. The van der Waals surface area contributed by atoms with Crippen molar-refractivity contribution in [3.05, 3.63) is 28.8 Å². The Balaban J connectivity index is 3.31. The number of nitrogens with two attached hydrogens (primary N) is 1. The molecule has 0 unspecified atom stereocenters. The summed E-state index contributed by atoms with van der Waals surface area (Å²) in [5.41, 5.74) is 9.39. The molecule has 0 amide bonds. The van der Waals surface area contributed by atoms with Gasteiger partial charge in [0.2, 0.25) is 0 Å². The molecule has 0 radical (unpaired) electrons. The molecule has 0 heterocycles. The molecule has 12 heavy (non-hydrogen) atoms. The first kappa shape index (κ1) is 9.02. The van der Waals surface area contributed by atoms with Gasteiger partial charge in [0.05, 0.1) is 0 Å². The van der Waals surface area contributed by atoms with Gasteiger partial charge in [-0.3, -0.25) is 0 Å². The summed E-state index contributed by atoms with van der Waals surface area (Å²) in [4.78, 5) is 0. The van der Waals surface area contributed by atoms with Gasteiger partial charge in [-0.1, -0.05) is 5.92 Å². The van der Waals surface area contributed by atoms with Crippen LogP contribution in [0.4, 0.5) is 5.69 Å². The first-order valence-corrected chi connectivity index (χ1v) is 4.28. The molecule has 0 aromatic heterocycles. The first-order valence-electron chi connectivity index (χ1n) is 3.65. The van der Waals surface area contributed by atoms with Gasteiger partial charge in [-0.2, -0.15) is 12.6 Å². The molecule has 2 heteroatoms. The monoisotopic (exact) mass is 177 g/mol. The smallest absolute Gasteiger partial charge is 0.0359 e. The summed E-state index contributed by atoms with van der Waals surface area (Å²) < 4.78 is 0.